The Labute approximate surface area is 346 Å². The van der Waals surface area contributed by atoms with Gasteiger partial charge in [0, 0.05) is 26.5 Å². The Morgan fingerprint density at radius 1 is 0.356 bits per heavy atom. The van der Waals surface area contributed by atoms with Gasteiger partial charge in [-0.05, 0) is 125 Å². The number of anilines is 3. The summed E-state index contributed by atoms with van der Waals surface area (Å²) >= 11 is 1.86. The van der Waals surface area contributed by atoms with Crippen molar-refractivity contribution >= 4 is 70.8 Å². The van der Waals surface area contributed by atoms with Crippen molar-refractivity contribution in [3.05, 3.63) is 235 Å². The van der Waals surface area contributed by atoms with Gasteiger partial charge in [-0.2, -0.15) is 0 Å². The number of thiophene rings is 1. The first-order valence-electron chi connectivity index (χ1n) is 20.4. The Morgan fingerprint density at radius 3 is 1.58 bits per heavy atom. The molecule has 0 saturated carbocycles. The van der Waals surface area contributed by atoms with Gasteiger partial charge in [-0.1, -0.05) is 170 Å². The van der Waals surface area contributed by atoms with Gasteiger partial charge in [0.15, 0.2) is 0 Å². The molecule has 10 aromatic carbocycles. The second kappa shape index (κ2) is 12.4. The van der Waals surface area contributed by atoms with Crippen LogP contribution in [0, 0.1) is 0 Å². The van der Waals surface area contributed by atoms with Crippen molar-refractivity contribution in [2.24, 2.45) is 0 Å². The van der Waals surface area contributed by atoms with Gasteiger partial charge in [0.1, 0.15) is 0 Å². The standard InChI is InChI=1S/C57H35NS/c1-12-30-54-37(15-1)34-55(59-54)36-16-13-17-38(33-36)58(39-31-32-44-42-20-3-2-18-40(42)41-19-4-5-21-43(41)48(44)35-39)53-29-14-28-52-56(53)47-24-8-11-27-51(47)57(52)49-25-9-6-22-45(49)46-23-7-10-26-50(46)57/h1-35H. The fraction of sp³-hybridized carbons (Fsp3) is 0.0175. The molecule has 1 aromatic heterocycles. The lowest BCUT2D eigenvalue weighted by Crippen LogP contribution is -2.26. The van der Waals surface area contributed by atoms with E-state index in [4.69, 9.17) is 0 Å². The van der Waals surface area contributed by atoms with Gasteiger partial charge in [-0.25, -0.2) is 0 Å². The number of nitrogens with zero attached hydrogens (tertiary/aromatic N) is 1. The highest BCUT2D eigenvalue weighted by Crippen LogP contribution is 2.64. The lowest BCUT2D eigenvalue weighted by atomic mass is 9.70. The average molecular weight is 766 g/mol. The molecule has 0 atom stereocenters. The van der Waals surface area contributed by atoms with E-state index in [2.05, 4.69) is 217 Å². The van der Waals surface area contributed by atoms with Crippen LogP contribution in [0.3, 0.4) is 0 Å². The molecule has 1 spiro atoms. The predicted molar refractivity (Wildman–Crippen MR) is 251 cm³/mol. The molecule has 0 amide bonds. The van der Waals surface area contributed by atoms with Crippen LogP contribution >= 0.6 is 11.3 Å². The monoisotopic (exact) mass is 765 g/mol. The van der Waals surface area contributed by atoms with Crippen molar-refractivity contribution in [1.29, 1.82) is 0 Å². The van der Waals surface area contributed by atoms with Gasteiger partial charge >= 0.3 is 0 Å². The molecule has 2 aliphatic rings. The molecule has 2 aliphatic carbocycles. The molecule has 274 valence electrons. The van der Waals surface area contributed by atoms with Crippen LogP contribution in [-0.2, 0) is 5.41 Å². The van der Waals surface area contributed by atoms with Crippen LogP contribution < -0.4 is 4.90 Å². The van der Waals surface area contributed by atoms with Gasteiger partial charge in [0.25, 0.3) is 0 Å². The van der Waals surface area contributed by atoms with E-state index in [0.717, 1.165) is 11.4 Å². The van der Waals surface area contributed by atoms with E-state index in [0.29, 0.717) is 0 Å². The fourth-order valence-electron chi connectivity index (χ4n) is 10.7. The van der Waals surface area contributed by atoms with Crippen molar-refractivity contribution in [1.82, 2.24) is 0 Å². The van der Waals surface area contributed by atoms with Crippen molar-refractivity contribution in [2.45, 2.75) is 5.41 Å². The third kappa shape index (κ3) is 4.50. The zero-order valence-electron chi connectivity index (χ0n) is 32.1. The summed E-state index contributed by atoms with van der Waals surface area (Å²) in [7, 11) is 0. The minimum atomic E-state index is -0.432. The van der Waals surface area contributed by atoms with E-state index >= 15 is 0 Å². The molecule has 2 heteroatoms. The average Bonchev–Trinajstić information content (AvgIpc) is 3.97. The molecule has 1 nitrogen and oxygen atoms in total. The van der Waals surface area contributed by atoms with Crippen LogP contribution in [0.2, 0.25) is 0 Å². The number of hydrogen-bond acceptors (Lipinski definition) is 2. The molecule has 0 fully saturated rings. The summed E-state index contributed by atoms with van der Waals surface area (Å²) in [5.41, 5.74) is 14.8. The minimum Gasteiger partial charge on any atom is -0.310 e. The van der Waals surface area contributed by atoms with Crippen molar-refractivity contribution in [2.75, 3.05) is 4.90 Å². The maximum absolute atomic E-state index is 2.53. The summed E-state index contributed by atoms with van der Waals surface area (Å²) in [4.78, 5) is 3.80. The van der Waals surface area contributed by atoms with E-state index in [1.165, 1.54) is 103 Å². The normalized spacial score (nSPS) is 13.2. The van der Waals surface area contributed by atoms with Crippen LogP contribution in [0.1, 0.15) is 22.3 Å². The van der Waals surface area contributed by atoms with E-state index in [1.54, 1.807) is 0 Å². The second-order valence-corrected chi connectivity index (χ2v) is 17.0. The highest BCUT2D eigenvalue weighted by atomic mass is 32.1. The zero-order chi connectivity index (χ0) is 38.7. The Balaban J connectivity index is 1.12. The molecule has 1 heterocycles. The van der Waals surface area contributed by atoms with Crippen LogP contribution in [0.25, 0.3) is 75.1 Å². The third-order valence-corrected chi connectivity index (χ3v) is 14.2. The number of benzene rings is 10. The lowest BCUT2D eigenvalue weighted by Gasteiger charge is -2.32. The van der Waals surface area contributed by atoms with Crippen LogP contribution in [0.15, 0.2) is 212 Å². The van der Waals surface area contributed by atoms with Crippen molar-refractivity contribution in [3.8, 4) is 32.7 Å². The summed E-state index contributed by atoms with van der Waals surface area (Å²) in [6.07, 6.45) is 0. The van der Waals surface area contributed by atoms with Crippen LogP contribution in [0.4, 0.5) is 17.1 Å². The Bertz CT molecular complexity index is 3420. The van der Waals surface area contributed by atoms with Crippen molar-refractivity contribution in [3.63, 3.8) is 0 Å². The third-order valence-electron chi connectivity index (χ3n) is 13.0. The number of hydrogen-bond donors (Lipinski definition) is 0. The summed E-state index contributed by atoms with van der Waals surface area (Å²) in [6, 6.07) is 79.4. The van der Waals surface area contributed by atoms with E-state index < -0.39 is 5.41 Å². The second-order valence-electron chi connectivity index (χ2n) is 15.9. The molecule has 59 heavy (non-hydrogen) atoms. The maximum Gasteiger partial charge on any atom is 0.0726 e. The SMILES string of the molecule is c1cc(-c2cc3ccccc3s2)cc(N(c2ccc3c4ccccc4c4ccccc4c3c2)c2cccc3c2-c2ccccc2C32c3ccccc3-c3ccccc32)c1. The predicted octanol–water partition coefficient (Wildman–Crippen LogP) is 15.8. The van der Waals surface area contributed by atoms with Gasteiger partial charge in [-0.15, -0.1) is 11.3 Å². The van der Waals surface area contributed by atoms with E-state index in [1.807, 2.05) is 11.3 Å². The molecule has 11 aromatic rings. The molecule has 0 bridgehead atoms. The lowest BCUT2D eigenvalue weighted by molar-refractivity contribution is 0.794. The molecule has 0 saturated heterocycles. The smallest absolute Gasteiger partial charge is 0.0726 e. The Hall–Kier alpha value is -7.26. The summed E-state index contributed by atoms with van der Waals surface area (Å²) < 4.78 is 1.30. The van der Waals surface area contributed by atoms with E-state index in [-0.39, 0.29) is 0 Å². The summed E-state index contributed by atoms with van der Waals surface area (Å²) in [5, 5.41) is 8.92. The molecular formula is C57H35NS. The van der Waals surface area contributed by atoms with Gasteiger partial charge in [-0.3, -0.25) is 0 Å². The first-order chi connectivity index (χ1) is 29.3. The van der Waals surface area contributed by atoms with Gasteiger partial charge in [0.05, 0.1) is 11.1 Å². The first-order valence-corrected chi connectivity index (χ1v) is 21.2. The molecule has 0 N–H and O–H groups in total. The maximum atomic E-state index is 2.53. The number of rotatable bonds is 4. The molecule has 0 unspecified atom stereocenters. The van der Waals surface area contributed by atoms with E-state index in [9.17, 15) is 0 Å². The quantitative estimate of drug-likeness (QED) is 0.161. The highest BCUT2D eigenvalue weighted by Gasteiger charge is 2.52. The van der Waals surface area contributed by atoms with Crippen LogP contribution in [-0.4, -0.2) is 0 Å². The highest BCUT2D eigenvalue weighted by molar-refractivity contribution is 7.22. The molecule has 0 aliphatic heterocycles. The fourth-order valence-corrected chi connectivity index (χ4v) is 11.8. The van der Waals surface area contributed by atoms with Gasteiger partial charge in [0.2, 0.25) is 0 Å². The number of fused-ring (bicyclic) bond motifs is 17. The summed E-state index contributed by atoms with van der Waals surface area (Å²) in [6.45, 7) is 0. The summed E-state index contributed by atoms with van der Waals surface area (Å²) in [5.74, 6) is 0. The Morgan fingerprint density at radius 2 is 0.881 bits per heavy atom. The molecule has 0 radical (unpaired) electrons. The first kappa shape index (κ1) is 32.8. The minimum absolute atomic E-state index is 0.432. The Kier molecular flexibility index (Phi) is 6.87. The van der Waals surface area contributed by atoms with Crippen molar-refractivity contribution < 1.29 is 0 Å². The molecule has 13 rings (SSSR count). The zero-order valence-corrected chi connectivity index (χ0v) is 32.9. The molecular weight excluding hydrogens is 731 g/mol. The van der Waals surface area contributed by atoms with Crippen LogP contribution in [0.5, 0.6) is 0 Å². The largest absolute Gasteiger partial charge is 0.310 e. The topological polar surface area (TPSA) is 3.24 Å². The van der Waals surface area contributed by atoms with Gasteiger partial charge < -0.3 is 4.90 Å².